The molecule has 1 saturated carbocycles. The fourth-order valence-electron chi connectivity index (χ4n) is 2.93. The van der Waals surface area contributed by atoms with Crippen LogP contribution in [0.4, 0.5) is 4.39 Å². The highest BCUT2D eigenvalue weighted by molar-refractivity contribution is 6.01. The minimum Gasteiger partial charge on any atom is -0.390 e. The second-order valence-corrected chi connectivity index (χ2v) is 6.14. The Hall–Kier alpha value is -2.17. The number of halogens is 1. The van der Waals surface area contributed by atoms with Crippen LogP contribution in [0.1, 0.15) is 31.2 Å². The maximum atomic E-state index is 13.3. The predicted molar refractivity (Wildman–Crippen MR) is 86.5 cm³/mol. The van der Waals surface area contributed by atoms with E-state index in [4.69, 9.17) is 4.84 Å². The van der Waals surface area contributed by atoms with Gasteiger partial charge in [0.15, 0.2) is 6.10 Å². The lowest BCUT2D eigenvalue weighted by atomic mass is 9.84. The Labute approximate surface area is 135 Å². The van der Waals surface area contributed by atoms with E-state index in [-0.39, 0.29) is 23.7 Å². The normalized spacial score (nSPS) is 20.4. The molecule has 1 atom stereocenters. The summed E-state index contributed by atoms with van der Waals surface area (Å²) in [5.74, 6) is 0.0426. The van der Waals surface area contributed by atoms with Gasteiger partial charge >= 0.3 is 0 Å². The highest BCUT2D eigenvalue weighted by Crippen LogP contribution is 2.29. The highest BCUT2D eigenvalue weighted by Gasteiger charge is 2.32. The minimum absolute atomic E-state index is 0.153. The Balaban J connectivity index is 1.60. The molecule has 1 unspecified atom stereocenters. The summed E-state index contributed by atoms with van der Waals surface area (Å²) in [5.41, 5.74) is 1.46. The molecule has 5 heteroatoms. The molecule has 1 aromatic carbocycles. The van der Waals surface area contributed by atoms with Crippen molar-refractivity contribution in [3.63, 3.8) is 0 Å². The standard InChI is InChI=1S/C18H21FN2O2/c1-2-9-21(18(22)13-5-3-6-13)12-16-11-17(20-23-16)14-7-4-8-15(19)10-14/h2,4,7-8,10,13,16H,1,3,5-6,9,11-12H2. The van der Waals surface area contributed by atoms with Crippen LogP contribution >= 0.6 is 0 Å². The first-order valence-corrected chi connectivity index (χ1v) is 8.05. The number of nitrogens with zero attached hydrogens (tertiary/aromatic N) is 2. The average Bonchev–Trinajstić information content (AvgIpc) is 2.93. The maximum absolute atomic E-state index is 13.3. The van der Waals surface area contributed by atoms with Crippen LogP contribution in [0.15, 0.2) is 42.1 Å². The average molecular weight is 316 g/mol. The van der Waals surface area contributed by atoms with Gasteiger partial charge in [0.05, 0.1) is 12.3 Å². The summed E-state index contributed by atoms with van der Waals surface area (Å²) in [5, 5.41) is 4.07. The molecule has 1 heterocycles. The molecule has 0 bridgehead atoms. The van der Waals surface area contributed by atoms with Crippen molar-refractivity contribution in [3.05, 3.63) is 48.3 Å². The van der Waals surface area contributed by atoms with Gasteiger partial charge < -0.3 is 9.74 Å². The number of hydrogen-bond acceptors (Lipinski definition) is 3. The van der Waals surface area contributed by atoms with Gasteiger partial charge in [-0.3, -0.25) is 4.79 Å². The van der Waals surface area contributed by atoms with Crippen molar-refractivity contribution in [2.45, 2.75) is 31.8 Å². The summed E-state index contributed by atoms with van der Waals surface area (Å²) < 4.78 is 13.3. The molecule has 0 saturated heterocycles. The van der Waals surface area contributed by atoms with Crippen molar-refractivity contribution in [1.82, 2.24) is 4.90 Å². The van der Waals surface area contributed by atoms with Crippen molar-refractivity contribution in [2.24, 2.45) is 11.1 Å². The van der Waals surface area contributed by atoms with E-state index in [0.29, 0.717) is 19.5 Å². The first kappa shape index (κ1) is 15.7. The smallest absolute Gasteiger partial charge is 0.226 e. The third-order valence-corrected chi connectivity index (χ3v) is 4.43. The van der Waals surface area contributed by atoms with Gasteiger partial charge in [-0.2, -0.15) is 0 Å². The first-order valence-electron chi connectivity index (χ1n) is 8.05. The monoisotopic (exact) mass is 316 g/mol. The summed E-state index contributed by atoms with van der Waals surface area (Å²) >= 11 is 0. The van der Waals surface area contributed by atoms with Crippen LogP contribution in [0.2, 0.25) is 0 Å². The van der Waals surface area contributed by atoms with E-state index in [2.05, 4.69) is 11.7 Å². The fraction of sp³-hybridized carbons (Fsp3) is 0.444. The summed E-state index contributed by atoms with van der Waals surface area (Å²) in [4.78, 5) is 19.7. The number of rotatable bonds is 6. The number of carbonyl (C=O) groups excluding carboxylic acids is 1. The quantitative estimate of drug-likeness (QED) is 0.757. The van der Waals surface area contributed by atoms with Gasteiger partial charge in [0, 0.05) is 24.4 Å². The van der Waals surface area contributed by atoms with Crippen LogP contribution in [-0.2, 0) is 9.63 Å². The first-order chi connectivity index (χ1) is 11.2. The van der Waals surface area contributed by atoms with Crippen LogP contribution in [0.3, 0.4) is 0 Å². The number of benzene rings is 1. The zero-order chi connectivity index (χ0) is 16.2. The highest BCUT2D eigenvalue weighted by atomic mass is 19.1. The van der Waals surface area contributed by atoms with Gasteiger partial charge in [-0.25, -0.2) is 4.39 Å². The molecule has 4 nitrogen and oxygen atoms in total. The Morgan fingerprint density at radius 2 is 2.30 bits per heavy atom. The van der Waals surface area contributed by atoms with E-state index in [1.165, 1.54) is 12.1 Å². The predicted octanol–water partition coefficient (Wildman–Crippen LogP) is 3.13. The second-order valence-electron chi connectivity index (χ2n) is 6.14. The summed E-state index contributed by atoms with van der Waals surface area (Å²) in [6, 6.07) is 6.32. The summed E-state index contributed by atoms with van der Waals surface area (Å²) in [6.07, 6.45) is 5.21. The fourth-order valence-corrected chi connectivity index (χ4v) is 2.93. The van der Waals surface area contributed by atoms with Gasteiger partial charge in [0.2, 0.25) is 5.91 Å². The number of amides is 1. The van der Waals surface area contributed by atoms with Crippen LogP contribution in [0.5, 0.6) is 0 Å². The molecule has 23 heavy (non-hydrogen) atoms. The molecule has 0 aromatic heterocycles. The van der Waals surface area contributed by atoms with Gasteiger partial charge in [0.25, 0.3) is 0 Å². The van der Waals surface area contributed by atoms with Gasteiger partial charge in [0.1, 0.15) is 5.82 Å². The molecular weight excluding hydrogens is 295 g/mol. The minimum atomic E-state index is -0.290. The third-order valence-electron chi connectivity index (χ3n) is 4.43. The topological polar surface area (TPSA) is 41.9 Å². The lowest BCUT2D eigenvalue weighted by molar-refractivity contribution is -0.139. The van der Waals surface area contributed by atoms with E-state index in [1.807, 2.05) is 6.07 Å². The second kappa shape index (κ2) is 6.94. The zero-order valence-corrected chi connectivity index (χ0v) is 13.1. The van der Waals surface area contributed by atoms with Gasteiger partial charge in [-0.05, 0) is 25.0 Å². The molecule has 1 aromatic rings. The molecule has 0 spiro atoms. The van der Waals surface area contributed by atoms with Crippen molar-refractivity contribution in [3.8, 4) is 0 Å². The van der Waals surface area contributed by atoms with Crippen LogP contribution in [-0.4, -0.2) is 35.7 Å². The SMILES string of the molecule is C=CCN(CC1CC(c2cccc(F)c2)=NO1)C(=O)C1CCC1. The van der Waals surface area contributed by atoms with Gasteiger partial charge in [-0.15, -0.1) is 6.58 Å². The molecule has 1 amide bonds. The van der Waals surface area contributed by atoms with Crippen LogP contribution in [0.25, 0.3) is 0 Å². The van der Waals surface area contributed by atoms with Crippen LogP contribution < -0.4 is 0 Å². The number of carbonyl (C=O) groups is 1. The van der Waals surface area contributed by atoms with Crippen molar-refractivity contribution in [2.75, 3.05) is 13.1 Å². The molecule has 1 aliphatic heterocycles. The number of oxime groups is 1. The van der Waals surface area contributed by atoms with Crippen molar-refractivity contribution >= 4 is 11.6 Å². The van der Waals surface area contributed by atoms with E-state index in [0.717, 1.165) is 30.5 Å². The Morgan fingerprint density at radius 3 is 2.96 bits per heavy atom. The van der Waals surface area contributed by atoms with E-state index < -0.39 is 0 Å². The number of hydrogen-bond donors (Lipinski definition) is 0. The van der Waals surface area contributed by atoms with Crippen LogP contribution in [0, 0.1) is 11.7 Å². The Kier molecular flexibility index (Phi) is 4.74. The van der Waals surface area contributed by atoms with Crippen molar-refractivity contribution in [1.29, 1.82) is 0 Å². The largest absolute Gasteiger partial charge is 0.390 e. The Bertz CT molecular complexity index is 625. The zero-order valence-electron chi connectivity index (χ0n) is 13.1. The lowest BCUT2D eigenvalue weighted by Gasteiger charge is -2.32. The maximum Gasteiger partial charge on any atom is 0.226 e. The van der Waals surface area contributed by atoms with E-state index >= 15 is 0 Å². The summed E-state index contributed by atoms with van der Waals surface area (Å²) in [7, 11) is 0. The van der Waals surface area contributed by atoms with E-state index in [9.17, 15) is 9.18 Å². The molecule has 2 aliphatic rings. The molecule has 3 rings (SSSR count). The van der Waals surface area contributed by atoms with E-state index in [1.54, 1.807) is 17.0 Å². The molecule has 0 N–H and O–H groups in total. The van der Waals surface area contributed by atoms with Gasteiger partial charge in [-0.1, -0.05) is 29.8 Å². The Morgan fingerprint density at radius 1 is 1.48 bits per heavy atom. The van der Waals surface area contributed by atoms with Crippen molar-refractivity contribution < 1.29 is 14.0 Å². The molecule has 122 valence electrons. The lowest BCUT2D eigenvalue weighted by Crippen LogP contribution is -2.43. The molecule has 1 fully saturated rings. The molecule has 1 aliphatic carbocycles. The molecular formula is C18H21FN2O2. The molecule has 0 radical (unpaired) electrons. The summed E-state index contributed by atoms with van der Waals surface area (Å²) in [6.45, 7) is 4.74. The third kappa shape index (κ3) is 3.60.